The topological polar surface area (TPSA) is 197 Å². The van der Waals surface area contributed by atoms with Crippen molar-refractivity contribution >= 4 is 22.3 Å². The minimum Gasteiger partial charge on any atom is -0.497 e. The number of rotatable bonds is 13. The Morgan fingerprint density at radius 2 is 0.613 bits per heavy atom. The van der Waals surface area contributed by atoms with Gasteiger partial charge in [0, 0.05) is 44.5 Å². The van der Waals surface area contributed by atoms with Crippen LogP contribution in [0.1, 0.15) is 64.3 Å². The molecule has 0 aliphatic carbocycles. The summed E-state index contributed by atoms with van der Waals surface area (Å²) in [5, 5.41) is 14.7. The van der Waals surface area contributed by atoms with Crippen molar-refractivity contribution in [2.24, 2.45) is 0 Å². The first-order valence-electron chi connectivity index (χ1n) is 21.9. The number of methoxy groups -OCH3 is 5. The van der Waals surface area contributed by atoms with Crippen molar-refractivity contribution in [2.45, 2.75) is 43.6 Å². The van der Waals surface area contributed by atoms with Gasteiger partial charge in [0.15, 0.2) is 11.6 Å². The molecular weight excluding hydrogens is 953 g/mol. The maximum absolute atomic E-state index is 11.2. The van der Waals surface area contributed by atoms with Gasteiger partial charge in [-0.15, -0.1) is 0 Å². The molecule has 10 aromatic rings. The quantitative estimate of drug-likeness (QED) is 0.0988. The van der Waals surface area contributed by atoms with Gasteiger partial charge in [-0.3, -0.25) is 9.59 Å². The molecule has 16 heteroatoms. The minimum absolute atomic E-state index is 0. The summed E-state index contributed by atoms with van der Waals surface area (Å²) < 4.78 is 42.9. The van der Waals surface area contributed by atoms with E-state index in [1.807, 2.05) is 127 Å². The SMILES string of the molecule is C.C.C.C.COc1ccc(-c2noc(-c3cc(-c4nc(-c5ccc(OC)cc5)no4)cc(-c4nc(-c5ccc(OC)cc5)no4)c3)n2)cc1.COc1ccc(C(C)=O)cc1.COc1ccc2cc(C(C)=O)ccc2c1. The summed E-state index contributed by atoms with van der Waals surface area (Å²) in [5.41, 5.74) is 5.52. The highest BCUT2D eigenvalue weighted by Gasteiger charge is 2.20. The summed E-state index contributed by atoms with van der Waals surface area (Å²) >= 11 is 0. The van der Waals surface area contributed by atoms with Crippen LogP contribution in [0.4, 0.5) is 0 Å². The van der Waals surface area contributed by atoms with E-state index in [1.54, 1.807) is 73.7 Å². The average molecular weight is 1020 g/mol. The van der Waals surface area contributed by atoms with Crippen LogP contribution in [0.15, 0.2) is 165 Å². The van der Waals surface area contributed by atoms with Crippen LogP contribution < -0.4 is 23.7 Å². The fourth-order valence-electron chi connectivity index (χ4n) is 6.99. The largest absolute Gasteiger partial charge is 0.497 e. The van der Waals surface area contributed by atoms with E-state index in [2.05, 4.69) is 30.4 Å². The first kappa shape index (κ1) is 58.1. The Kier molecular flexibility index (Phi) is 20.8. The van der Waals surface area contributed by atoms with E-state index in [9.17, 15) is 9.59 Å². The van der Waals surface area contributed by atoms with Crippen molar-refractivity contribution in [3.05, 3.63) is 163 Å². The lowest BCUT2D eigenvalue weighted by Gasteiger charge is -2.03. The van der Waals surface area contributed by atoms with Gasteiger partial charge in [0.2, 0.25) is 17.5 Å². The van der Waals surface area contributed by atoms with Gasteiger partial charge in [0.05, 0.1) is 35.5 Å². The van der Waals surface area contributed by atoms with Crippen LogP contribution >= 0.6 is 0 Å². The molecule has 7 aromatic carbocycles. The first-order chi connectivity index (χ1) is 34.5. The predicted octanol–water partition coefficient (Wildman–Crippen LogP) is 14.4. The monoisotopic (exact) mass is 1010 g/mol. The lowest BCUT2D eigenvalue weighted by atomic mass is 10.0. The third-order valence-electron chi connectivity index (χ3n) is 10.9. The second-order valence-corrected chi connectivity index (χ2v) is 15.5. The van der Waals surface area contributed by atoms with Gasteiger partial charge in [-0.1, -0.05) is 63.4 Å². The number of ketones is 2. The number of Topliss-reactive ketones (excluding diaryl/α,β-unsaturated/α-hetero) is 2. The van der Waals surface area contributed by atoms with Crippen molar-refractivity contribution in [1.29, 1.82) is 0 Å². The highest BCUT2D eigenvalue weighted by molar-refractivity contribution is 5.98. The molecule has 0 aliphatic rings. The Hall–Kier alpha value is -9.44. The number of benzene rings is 7. The molecule has 0 unspecified atom stereocenters. The standard InChI is InChI=1S/C33H24N6O6.C13H12O2.C9H10O2.4CH4/c1-40-25-10-4-19(5-11-25)28-34-31(43-37-28)22-16-23(32-35-29(38-44-32)20-6-12-26(41-2)13-7-20)18-24(17-22)33-36-30(39-45-33)21-8-14-27(42-3)15-9-21;1-9(14)10-3-4-12-8-13(15-2)6-5-11(12)7-10;1-7(10)8-3-5-9(11-2)6-4-8;;;;/h4-18H,1-3H3;3-8H,1-2H3;3-6H,1-2H3;4*1H4. The Balaban J connectivity index is 0.000000334. The number of carbonyl (C=O) groups is 2. The van der Waals surface area contributed by atoms with Crippen molar-refractivity contribution in [1.82, 2.24) is 30.4 Å². The molecule has 0 saturated heterocycles. The van der Waals surface area contributed by atoms with Gasteiger partial charge in [-0.25, -0.2) is 0 Å². The van der Waals surface area contributed by atoms with Gasteiger partial charge in [0.1, 0.15) is 28.7 Å². The summed E-state index contributed by atoms with van der Waals surface area (Å²) in [7, 11) is 8.07. The van der Waals surface area contributed by atoms with E-state index in [4.69, 9.17) is 37.3 Å². The predicted molar refractivity (Wildman–Crippen MR) is 293 cm³/mol. The Morgan fingerprint density at radius 1 is 0.333 bits per heavy atom. The molecular formula is C59H62N6O10. The molecule has 0 amide bonds. The van der Waals surface area contributed by atoms with Crippen LogP contribution in [0, 0.1) is 0 Å². The number of hydrogen-bond acceptors (Lipinski definition) is 16. The first-order valence-corrected chi connectivity index (χ1v) is 21.9. The normalized spacial score (nSPS) is 10.0. The van der Waals surface area contributed by atoms with Gasteiger partial charge < -0.3 is 37.3 Å². The van der Waals surface area contributed by atoms with E-state index in [-0.39, 0.29) is 58.9 Å². The molecule has 0 spiro atoms. The third-order valence-corrected chi connectivity index (χ3v) is 10.9. The van der Waals surface area contributed by atoms with Gasteiger partial charge >= 0.3 is 0 Å². The molecule has 16 nitrogen and oxygen atoms in total. The molecule has 0 bridgehead atoms. The molecule has 0 saturated carbocycles. The van der Waals surface area contributed by atoms with Crippen molar-refractivity contribution in [2.75, 3.05) is 35.5 Å². The van der Waals surface area contributed by atoms with E-state index in [0.29, 0.717) is 39.7 Å². The van der Waals surface area contributed by atoms with Crippen molar-refractivity contribution in [3.63, 3.8) is 0 Å². The van der Waals surface area contributed by atoms with E-state index in [1.165, 1.54) is 0 Å². The number of nitrogens with zero attached hydrogens (tertiary/aromatic N) is 6. The van der Waals surface area contributed by atoms with Crippen LogP contribution in [0.2, 0.25) is 0 Å². The number of hydrogen-bond donors (Lipinski definition) is 0. The fraction of sp³-hybridized carbons (Fsp3) is 0.186. The second kappa shape index (κ2) is 26.8. The molecule has 10 rings (SSSR count). The molecule has 0 fully saturated rings. The summed E-state index contributed by atoms with van der Waals surface area (Å²) in [6.45, 7) is 3.12. The zero-order valence-electron chi connectivity index (χ0n) is 39.7. The Labute approximate surface area is 437 Å². The minimum atomic E-state index is 0. The molecule has 75 heavy (non-hydrogen) atoms. The Morgan fingerprint density at radius 3 is 0.933 bits per heavy atom. The van der Waals surface area contributed by atoms with E-state index >= 15 is 0 Å². The highest BCUT2D eigenvalue weighted by Crippen LogP contribution is 2.34. The van der Waals surface area contributed by atoms with Crippen LogP contribution in [0.5, 0.6) is 28.7 Å². The molecule has 0 aliphatic heterocycles. The molecule has 0 N–H and O–H groups in total. The van der Waals surface area contributed by atoms with Crippen LogP contribution in [-0.4, -0.2) is 77.5 Å². The summed E-state index contributed by atoms with van der Waals surface area (Å²) in [6, 6.07) is 46.1. The number of carbonyl (C=O) groups excluding carboxylic acids is 2. The maximum Gasteiger partial charge on any atom is 0.258 e. The molecule has 3 aromatic heterocycles. The molecule has 0 atom stereocenters. The van der Waals surface area contributed by atoms with Gasteiger partial charge in [-0.05, 0) is 158 Å². The molecule has 3 heterocycles. The zero-order valence-corrected chi connectivity index (χ0v) is 39.7. The van der Waals surface area contributed by atoms with Crippen molar-refractivity contribution < 1.29 is 46.8 Å². The second-order valence-electron chi connectivity index (χ2n) is 15.5. The zero-order chi connectivity index (χ0) is 49.9. The van der Waals surface area contributed by atoms with Crippen LogP contribution in [0.25, 0.3) is 79.3 Å². The smallest absolute Gasteiger partial charge is 0.258 e. The van der Waals surface area contributed by atoms with E-state index in [0.717, 1.165) is 61.8 Å². The number of aromatic nitrogens is 6. The summed E-state index contributed by atoms with van der Waals surface area (Å²) in [5.74, 6) is 6.01. The highest BCUT2D eigenvalue weighted by atomic mass is 16.5. The molecule has 0 radical (unpaired) electrons. The number of fused-ring (bicyclic) bond motifs is 1. The Bertz CT molecular complexity index is 3150. The summed E-state index contributed by atoms with van der Waals surface area (Å²) in [6.07, 6.45) is 0. The lowest BCUT2D eigenvalue weighted by Crippen LogP contribution is -1.91. The summed E-state index contributed by atoms with van der Waals surface area (Å²) in [4.78, 5) is 35.9. The van der Waals surface area contributed by atoms with E-state index < -0.39 is 0 Å². The average Bonchev–Trinajstić information content (AvgIpc) is 4.24. The van der Waals surface area contributed by atoms with Crippen LogP contribution in [0.3, 0.4) is 0 Å². The van der Waals surface area contributed by atoms with Crippen molar-refractivity contribution in [3.8, 4) is 97.3 Å². The molecule has 388 valence electrons. The maximum atomic E-state index is 11.2. The lowest BCUT2D eigenvalue weighted by molar-refractivity contribution is 0.100. The van der Waals surface area contributed by atoms with Gasteiger partial charge in [0.25, 0.3) is 17.7 Å². The van der Waals surface area contributed by atoms with Crippen LogP contribution in [-0.2, 0) is 0 Å². The van der Waals surface area contributed by atoms with Gasteiger partial charge in [-0.2, -0.15) is 15.0 Å². The third kappa shape index (κ3) is 14.2. The number of ether oxygens (including phenoxy) is 5. The fourth-order valence-corrected chi connectivity index (χ4v) is 6.99.